The van der Waals surface area contributed by atoms with Gasteiger partial charge in [-0.25, -0.2) is 4.98 Å². The number of halogens is 1. The first kappa shape index (κ1) is 11.8. The molecule has 2 aromatic rings. The van der Waals surface area contributed by atoms with Gasteiger partial charge in [0.1, 0.15) is 11.6 Å². The van der Waals surface area contributed by atoms with E-state index in [2.05, 4.69) is 42.4 Å². The number of alkyl halides is 1. The van der Waals surface area contributed by atoms with Crippen LogP contribution in [0.25, 0.3) is 0 Å². The van der Waals surface area contributed by atoms with Crippen molar-refractivity contribution >= 4 is 21.7 Å². The third-order valence-corrected chi connectivity index (χ3v) is 4.05. The van der Waals surface area contributed by atoms with Crippen molar-refractivity contribution in [3.8, 4) is 0 Å². The molecule has 0 bridgehead atoms. The number of rotatable bonds is 2. The first-order valence-corrected chi connectivity index (χ1v) is 7.16. The van der Waals surface area contributed by atoms with Gasteiger partial charge in [-0.1, -0.05) is 15.9 Å². The number of imidazole rings is 1. The van der Waals surface area contributed by atoms with Crippen LogP contribution in [0.2, 0.25) is 0 Å². The largest absolute Gasteiger partial charge is 0.347 e. The number of fused-ring (bicyclic) bond motifs is 1. The van der Waals surface area contributed by atoms with Gasteiger partial charge >= 0.3 is 0 Å². The monoisotopic (exact) mass is 309 g/mol. The maximum atomic E-state index is 4.52. The van der Waals surface area contributed by atoms with Crippen molar-refractivity contribution in [3.05, 3.63) is 29.5 Å². The molecule has 3 heterocycles. The summed E-state index contributed by atoms with van der Waals surface area (Å²) in [6, 6.07) is 0. The molecular weight excluding hydrogens is 294 g/mol. The van der Waals surface area contributed by atoms with E-state index in [0.29, 0.717) is 0 Å². The minimum absolute atomic E-state index is 0.840. The zero-order valence-electron chi connectivity index (χ0n) is 10.6. The van der Waals surface area contributed by atoms with E-state index in [1.54, 1.807) is 0 Å². The van der Waals surface area contributed by atoms with E-state index in [0.717, 1.165) is 36.5 Å². The summed E-state index contributed by atoms with van der Waals surface area (Å²) in [4.78, 5) is 6.76. The first-order chi connectivity index (χ1) is 8.70. The normalized spacial score (nSPS) is 14.9. The van der Waals surface area contributed by atoms with Crippen molar-refractivity contribution in [1.29, 1.82) is 0 Å². The van der Waals surface area contributed by atoms with Crippen LogP contribution >= 0.6 is 15.9 Å². The lowest BCUT2D eigenvalue weighted by Crippen LogP contribution is -2.35. The van der Waals surface area contributed by atoms with E-state index in [1.165, 1.54) is 11.4 Å². The highest BCUT2D eigenvalue weighted by atomic mass is 79.9. The van der Waals surface area contributed by atoms with E-state index >= 15 is 0 Å². The molecule has 18 heavy (non-hydrogen) atoms. The summed E-state index contributed by atoms with van der Waals surface area (Å²) in [7, 11) is 2.01. The fourth-order valence-corrected chi connectivity index (χ4v) is 3.25. The van der Waals surface area contributed by atoms with Gasteiger partial charge in [0.15, 0.2) is 0 Å². The van der Waals surface area contributed by atoms with Gasteiger partial charge in [0.2, 0.25) is 0 Å². The maximum Gasteiger partial charge on any atom is 0.131 e. The molecule has 1 aliphatic rings. The Labute approximate surface area is 115 Å². The Bertz CT molecular complexity index is 571. The van der Waals surface area contributed by atoms with Crippen molar-refractivity contribution in [2.45, 2.75) is 25.3 Å². The Kier molecular flexibility index (Phi) is 2.89. The molecule has 0 amide bonds. The molecule has 0 fully saturated rings. The minimum Gasteiger partial charge on any atom is -0.347 e. The van der Waals surface area contributed by atoms with E-state index in [4.69, 9.17) is 0 Å². The van der Waals surface area contributed by atoms with E-state index in [9.17, 15) is 0 Å². The van der Waals surface area contributed by atoms with Crippen LogP contribution in [0.15, 0.2) is 12.4 Å². The molecule has 0 spiro atoms. The summed E-state index contributed by atoms with van der Waals surface area (Å²) >= 11 is 3.56. The zero-order valence-corrected chi connectivity index (χ0v) is 12.2. The van der Waals surface area contributed by atoms with Gasteiger partial charge in [-0.3, -0.25) is 4.68 Å². The van der Waals surface area contributed by atoms with Crippen molar-refractivity contribution in [3.63, 3.8) is 0 Å². The summed E-state index contributed by atoms with van der Waals surface area (Å²) in [6.07, 6.45) is 3.92. The van der Waals surface area contributed by atoms with Gasteiger partial charge in [0.25, 0.3) is 0 Å². The first-order valence-electron chi connectivity index (χ1n) is 6.04. The van der Waals surface area contributed by atoms with Crippen LogP contribution in [-0.4, -0.2) is 25.9 Å². The Balaban J connectivity index is 1.97. The van der Waals surface area contributed by atoms with Crippen LogP contribution in [0.1, 0.15) is 17.1 Å². The number of hydrogen-bond acceptors (Lipinski definition) is 3. The van der Waals surface area contributed by atoms with Gasteiger partial charge in [-0.15, -0.1) is 0 Å². The Morgan fingerprint density at radius 2 is 2.22 bits per heavy atom. The third kappa shape index (κ3) is 1.75. The van der Waals surface area contributed by atoms with E-state index in [1.807, 2.05) is 24.1 Å². The average Bonchev–Trinajstić information content (AvgIpc) is 2.91. The lowest BCUT2D eigenvalue weighted by atomic mass is 10.2. The molecule has 0 N–H and O–H groups in total. The molecule has 0 aliphatic carbocycles. The van der Waals surface area contributed by atoms with Crippen molar-refractivity contribution < 1.29 is 0 Å². The van der Waals surface area contributed by atoms with Crippen LogP contribution in [0.5, 0.6) is 0 Å². The van der Waals surface area contributed by atoms with Gasteiger partial charge in [-0.2, -0.15) is 5.10 Å². The highest BCUT2D eigenvalue weighted by molar-refractivity contribution is 9.08. The zero-order chi connectivity index (χ0) is 12.7. The molecule has 0 radical (unpaired) electrons. The number of nitrogens with zero attached hydrogens (tertiary/aromatic N) is 5. The standard InChI is InChI=1S/C12H16BrN5/c1-9-10(7-13)12(16(2)15-9)18-6-5-17-4-3-14-11(17)8-18/h3-4H,5-8H2,1-2H3. The van der Waals surface area contributed by atoms with Gasteiger partial charge < -0.3 is 9.47 Å². The minimum atomic E-state index is 0.840. The van der Waals surface area contributed by atoms with Gasteiger partial charge in [0, 0.05) is 43.4 Å². The number of anilines is 1. The quantitative estimate of drug-likeness (QED) is 0.795. The summed E-state index contributed by atoms with van der Waals surface area (Å²) in [5.41, 5.74) is 2.37. The predicted molar refractivity (Wildman–Crippen MR) is 73.9 cm³/mol. The molecule has 2 aromatic heterocycles. The summed E-state index contributed by atoms with van der Waals surface area (Å²) in [5.74, 6) is 2.33. The summed E-state index contributed by atoms with van der Waals surface area (Å²) in [6.45, 7) is 4.90. The summed E-state index contributed by atoms with van der Waals surface area (Å²) in [5, 5.41) is 5.36. The second-order valence-electron chi connectivity index (χ2n) is 4.60. The lowest BCUT2D eigenvalue weighted by molar-refractivity contribution is 0.545. The molecule has 1 aliphatic heterocycles. The van der Waals surface area contributed by atoms with E-state index in [-0.39, 0.29) is 0 Å². The highest BCUT2D eigenvalue weighted by Crippen LogP contribution is 2.28. The number of hydrogen-bond donors (Lipinski definition) is 0. The second kappa shape index (κ2) is 4.42. The predicted octanol–water partition coefficient (Wildman–Crippen LogP) is 1.84. The summed E-state index contributed by atoms with van der Waals surface area (Å²) < 4.78 is 4.19. The molecular formula is C12H16BrN5. The van der Waals surface area contributed by atoms with Gasteiger partial charge in [0.05, 0.1) is 12.2 Å². The number of aryl methyl sites for hydroxylation is 2. The molecule has 0 saturated carbocycles. The van der Waals surface area contributed by atoms with Crippen LogP contribution in [-0.2, 0) is 25.5 Å². The molecule has 0 unspecified atom stereocenters. The molecule has 0 aromatic carbocycles. The van der Waals surface area contributed by atoms with Crippen LogP contribution in [0.4, 0.5) is 5.82 Å². The fourth-order valence-electron chi connectivity index (χ4n) is 2.60. The van der Waals surface area contributed by atoms with Gasteiger partial charge in [-0.05, 0) is 6.92 Å². The Morgan fingerprint density at radius 3 is 3.00 bits per heavy atom. The second-order valence-corrected chi connectivity index (χ2v) is 5.16. The SMILES string of the molecule is Cc1nn(C)c(N2CCn3ccnc3C2)c1CBr. The molecule has 5 nitrogen and oxygen atoms in total. The average molecular weight is 310 g/mol. The Hall–Kier alpha value is -1.30. The molecule has 6 heteroatoms. The highest BCUT2D eigenvalue weighted by Gasteiger charge is 2.23. The smallest absolute Gasteiger partial charge is 0.131 e. The molecule has 3 rings (SSSR count). The third-order valence-electron chi connectivity index (χ3n) is 3.49. The maximum absolute atomic E-state index is 4.52. The topological polar surface area (TPSA) is 38.9 Å². The van der Waals surface area contributed by atoms with Crippen molar-refractivity contribution in [2.24, 2.45) is 7.05 Å². The van der Waals surface area contributed by atoms with Crippen LogP contribution < -0.4 is 4.90 Å². The molecule has 0 saturated heterocycles. The molecule has 96 valence electrons. The number of aromatic nitrogens is 4. The van der Waals surface area contributed by atoms with Crippen molar-refractivity contribution in [2.75, 3.05) is 11.4 Å². The van der Waals surface area contributed by atoms with E-state index < -0.39 is 0 Å². The van der Waals surface area contributed by atoms with Crippen LogP contribution in [0, 0.1) is 6.92 Å². The molecule has 0 atom stereocenters. The van der Waals surface area contributed by atoms with Crippen molar-refractivity contribution in [1.82, 2.24) is 19.3 Å². The van der Waals surface area contributed by atoms with Crippen LogP contribution in [0.3, 0.4) is 0 Å². The Morgan fingerprint density at radius 1 is 1.39 bits per heavy atom. The fraction of sp³-hybridized carbons (Fsp3) is 0.500. The lowest BCUT2D eigenvalue weighted by Gasteiger charge is -2.30.